The van der Waals surface area contributed by atoms with Crippen LogP contribution in [-0.4, -0.2) is 19.2 Å². The highest BCUT2D eigenvalue weighted by molar-refractivity contribution is 5.97. The maximum Gasteiger partial charge on any atom is 0.379 e. The molecule has 0 bridgehead atoms. The van der Waals surface area contributed by atoms with Crippen LogP contribution in [0.4, 0.5) is 0 Å². The molecule has 1 unspecified atom stereocenters. The number of carbonyl (C=O) groups excluding carboxylic acids is 1. The first-order valence-electron chi connectivity index (χ1n) is 14.2. The third-order valence-corrected chi connectivity index (χ3v) is 7.35. The molecule has 0 aliphatic carbocycles. The number of nitriles is 1. The summed E-state index contributed by atoms with van der Waals surface area (Å²) in [6.07, 6.45) is 2.83. The van der Waals surface area contributed by atoms with E-state index < -0.39 is 11.9 Å². The molecule has 4 aromatic rings. The average Bonchev–Trinajstić information content (AvgIpc) is 3.32. The molecule has 1 aromatic heterocycles. The van der Waals surface area contributed by atoms with Crippen molar-refractivity contribution in [3.8, 4) is 29.1 Å². The fourth-order valence-electron chi connectivity index (χ4n) is 5.10. The number of benzene rings is 3. The van der Waals surface area contributed by atoms with Crippen LogP contribution in [-0.2, 0) is 6.42 Å². The Balaban J connectivity index is 1.46. The Kier molecular flexibility index (Phi) is 8.39. The molecule has 0 saturated carbocycles. The van der Waals surface area contributed by atoms with Gasteiger partial charge in [0.2, 0.25) is 11.6 Å². The Hall–Kier alpha value is -4.90. The van der Waals surface area contributed by atoms with Gasteiger partial charge in [0, 0.05) is 22.6 Å². The van der Waals surface area contributed by atoms with Crippen LogP contribution < -0.4 is 24.7 Å². The zero-order valence-corrected chi connectivity index (χ0v) is 24.3. The van der Waals surface area contributed by atoms with Crippen LogP contribution in [0.25, 0.3) is 11.0 Å². The molecule has 42 heavy (non-hydrogen) atoms. The molecule has 8 heteroatoms. The van der Waals surface area contributed by atoms with Crippen molar-refractivity contribution in [3.63, 3.8) is 0 Å². The Morgan fingerprint density at radius 3 is 2.60 bits per heavy atom. The van der Waals surface area contributed by atoms with E-state index in [1.165, 1.54) is 0 Å². The van der Waals surface area contributed by atoms with Crippen molar-refractivity contribution in [2.45, 2.75) is 52.9 Å². The Labute approximate surface area is 245 Å². The van der Waals surface area contributed by atoms with Crippen LogP contribution in [0.15, 0.2) is 70.5 Å². The summed E-state index contributed by atoms with van der Waals surface area (Å²) in [6, 6.07) is 18.8. The van der Waals surface area contributed by atoms with Gasteiger partial charge in [-0.3, -0.25) is 0 Å². The lowest BCUT2D eigenvalue weighted by atomic mass is 9.83. The summed E-state index contributed by atoms with van der Waals surface area (Å²) >= 11 is 0. The summed E-state index contributed by atoms with van der Waals surface area (Å²) in [5.41, 5.74) is 10.5. The first-order chi connectivity index (χ1) is 20.4. The first kappa shape index (κ1) is 28.6. The second-order valence-corrected chi connectivity index (χ2v) is 10.1. The van der Waals surface area contributed by atoms with Gasteiger partial charge in [0.1, 0.15) is 28.7 Å². The second kappa shape index (κ2) is 12.3. The van der Waals surface area contributed by atoms with Crippen molar-refractivity contribution < 1.29 is 28.2 Å². The van der Waals surface area contributed by atoms with E-state index in [-0.39, 0.29) is 23.0 Å². The molecule has 8 nitrogen and oxygen atoms in total. The monoisotopic (exact) mass is 566 g/mol. The van der Waals surface area contributed by atoms with E-state index in [2.05, 4.69) is 19.9 Å². The number of furan rings is 1. The highest BCUT2D eigenvalue weighted by Crippen LogP contribution is 2.45. The lowest BCUT2D eigenvalue weighted by molar-refractivity contribution is 0.0702. The second-order valence-electron chi connectivity index (χ2n) is 10.1. The van der Waals surface area contributed by atoms with E-state index in [4.69, 9.17) is 29.1 Å². The van der Waals surface area contributed by atoms with Gasteiger partial charge in [-0.05, 0) is 68.1 Å². The Morgan fingerprint density at radius 1 is 1.02 bits per heavy atom. The van der Waals surface area contributed by atoms with Gasteiger partial charge in [-0.25, -0.2) is 4.79 Å². The molecule has 216 valence electrons. The normalized spacial score (nSPS) is 14.2. The van der Waals surface area contributed by atoms with Crippen molar-refractivity contribution in [1.82, 2.24) is 0 Å². The van der Waals surface area contributed by atoms with E-state index in [0.717, 1.165) is 41.3 Å². The maximum atomic E-state index is 13.1. The highest BCUT2D eigenvalue weighted by Gasteiger charge is 2.32. The third kappa shape index (κ3) is 5.51. The van der Waals surface area contributed by atoms with Crippen LogP contribution in [0.5, 0.6) is 23.0 Å². The topological polar surface area (TPSA) is 117 Å². The predicted molar refractivity (Wildman–Crippen MR) is 159 cm³/mol. The summed E-state index contributed by atoms with van der Waals surface area (Å²) in [5, 5.41) is 10.9. The van der Waals surface area contributed by atoms with Crippen LogP contribution >= 0.6 is 0 Å². The zero-order valence-electron chi connectivity index (χ0n) is 24.3. The number of nitrogens with two attached hydrogens (primary N) is 1. The lowest BCUT2D eigenvalue weighted by Gasteiger charge is -2.27. The smallest absolute Gasteiger partial charge is 0.379 e. The molecular weight excluding hydrogens is 532 g/mol. The van der Waals surface area contributed by atoms with Gasteiger partial charge in [0.15, 0.2) is 11.5 Å². The summed E-state index contributed by atoms with van der Waals surface area (Å²) in [5.74, 6) is 0.878. The summed E-state index contributed by atoms with van der Waals surface area (Å²) in [6.45, 7) is 8.97. The third-order valence-electron chi connectivity index (χ3n) is 7.35. The van der Waals surface area contributed by atoms with Gasteiger partial charge < -0.3 is 29.1 Å². The molecule has 0 fully saturated rings. The number of esters is 1. The molecule has 1 atom stereocenters. The fraction of sp³-hybridized carbons (Fsp3) is 0.294. The van der Waals surface area contributed by atoms with Gasteiger partial charge in [-0.2, -0.15) is 5.26 Å². The van der Waals surface area contributed by atoms with Crippen molar-refractivity contribution in [2.24, 2.45) is 5.73 Å². The van der Waals surface area contributed by atoms with Crippen LogP contribution in [0.1, 0.15) is 72.3 Å². The molecule has 2 heterocycles. The highest BCUT2D eigenvalue weighted by atomic mass is 16.5. The van der Waals surface area contributed by atoms with Crippen molar-refractivity contribution >= 4 is 16.9 Å². The van der Waals surface area contributed by atoms with Gasteiger partial charge in [0.25, 0.3) is 0 Å². The number of unbranched alkanes of at least 4 members (excludes halogenated alkanes) is 1. The number of carbonyl (C=O) groups is 1. The molecule has 0 radical (unpaired) electrons. The largest absolute Gasteiger partial charge is 0.490 e. The molecule has 1 aliphatic rings. The molecule has 0 saturated heterocycles. The van der Waals surface area contributed by atoms with E-state index in [0.29, 0.717) is 41.6 Å². The summed E-state index contributed by atoms with van der Waals surface area (Å²) < 4.78 is 29.2. The molecule has 0 spiro atoms. The van der Waals surface area contributed by atoms with E-state index in [9.17, 15) is 10.1 Å². The van der Waals surface area contributed by atoms with Crippen molar-refractivity contribution in [1.29, 1.82) is 5.26 Å². The van der Waals surface area contributed by atoms with E-state index in [1.54, 1.807) is 18.2 Å². The molecular formula is C34H34N2O6. The number of ether oxygens (including phenoxy) is 4. The molecule has 5 rings (SSSR count). The minimum atomic E-state index is -0.615. The van der Waals surface area contributed by atoms with Crippen LogP contribution in [0.3, 0.4) is 0 Å². The molecule has 3 aromatic carbocycles. The van der Waals surface area contributed by atoms with Crippen molar-refractivity contribution in [2.75, 3.05) is 13.2 Å². The average molecular weight is 567 g/mol. The number of hydrogen-bond acceptors (Lipinski definition) is 8. The van der Waals surface area contributed by atoms with Crippen LogP contribution in [0.2, 0.25) is 0 Å². The zero-order chi connectivity index (χ0) is 29.8. The predicted octanol–water partition coefficient (Wildman–Crippen LogP) is 7.32. The molecule has 1 aliphatic heterocycles. The Bertz CT molecular complexity index is 1710. The number of fused-ring (bicyclic) bond motifs is 2. The SMILES string of the molecule is CCCCOc1ccc(C2C(C#N)=C(N)Oc3cc(OC(=O)c4oc5ccc(CC)cc5c4C)ccc32)cc1OCC. The number of rotatable bonds is 10. The number of nitrogens with zero attached hydrogens (tertiary/aromatic N) is 1. The number of aryl methyl sites for hydroxylation is 2. The van der Waals surface area contributed by atoms with Gasteiger partial charge in [-0.1, -0.05) is 38.5 Å². The summed E-state index contributed by atoms with van der Waals surface area (Å²) in [4.78, 5) is 13.1. The van der Waals surface area contributed by atoms with Crippen LogP contribution in [0, 0.1) is 18.3 Å². The minimum Gasteiger partial charge on any atom is -0.490 e. The van der Waals surface area contributed by atoms with Crippen molar-refractivity contribution in [3.05, 3.63) is 94.1 Å². The first-order valence-corrected chi connectivity index (χ1v) is 14.2. The van der Waals surface area contributed by atoms with Gasteiger partial charge in [-0.15, -0.1) is 0 Å². The van der Waals surface area contributed by atoms with E-state index in [1.807, 2.05) is 50.2 Å². The molecule has 0 amide bonds. The maximum absolute atomic E-state index is 13.1. The minimum absolute atomic E-state index is 0.0143. The standard InChI is InChI=1S/C34H34N2O6/c1-5-8-15-39-28-14-10-22(17-30(28)38-7-3)31-24-12-11-23(18-29(24)42-33(36)26(31)19-35)40-34(37)32-20(4)25-16-21(6-2)9-13-27(25)41-32/h9-14,16-18,31H,5-8,15,36H2,1-4H3. The Morgan fingerprint density at radius 2 is 1.86 bits per heavy atom. The van der Waals surface area contributed by atoms with E-state index >= 15 is 0 Å². The summed E-state index contributed by atoms with van der Waals surface area (Å²) in [7, 11) is 0. The molecule has 2 N–H and O–H groups in total. The lowest BCUT2D eigenvalue weighted by Crippen LogP contribution is -2.21. The number of hydrogen-bond donors (Lipinski definition) is 1. The van der Waals surface area contributed by atoms with Gasteiger partial charge in [0.05, 0.1) is 19.1 Å². The number of allylic oxidation sites excluding steroid dienone is 1. The fourth-order valence-corrected chi connectivity index (χ4v) is 5.10. The quantitative estimate of drug-likeness (QED) is 0.121. The van der Waals surface area contributed by atoms with Gasteiger partial charge >= 0.3 is 5.97 Å².